The molecule has 0 bridgehead atoms. The van der Waals surface area contributed by atoms with Gasteiger partial charge >= 0.3 is 5.91 Å². The molecule has 1 aromatic carbocycles. The Hall–Kier alpha value is -3.81. The van der Waals surface area contributed by atoms with Gasteiger partial charge in [0.05, 0.1) is 24.8 Å². The van der Waals surface area contributed by atoms with Crippen LogP contribution in [0.2, 0.25) is 0 Å². The van der Waals surface area contributed by atoms with E-state index in [9.17, 15) is 9.59 Å². The van der Waals surface area contributed by atoms with E-state index in [0.717, 1.165) is 17.5 Å². The molecule has 0 atom stereocenters. The molecule has 0 spiro atoms. The Morgan fingerprint density at radius 2 is 1.97 bits per heavy atom. The molecule has 2 amide bonds. The van der Waals surface area contributed by atoms with E-state index in [-0.39, 0.29) is 17.4 Å². The largest absolute Gasteiger partial charge is 0.495 e. The van der Waals surface area contributed by atoms with Crippen LogP contribution in [0.5, 0.6) is 5.75 Å². The average Bonchev–Trinajstić information content (AvgIpc) is 3.41. The first-order valence-electron chi connectivity index (χ1n) is 9.97. The fraction of sp³-hybridized carbons (Fsp3) is 0.261. The minimum atomic E-state index is -0.435. The molecular weight excluding hydrogens is 398 g/mol. The minimum Gasteiger partial charge on any atom is -0.495 e. The normalized spacial score (nSPS) is 14.2. The number of hydrogen-bond acceptors (Lipinski definition) is 6. The number of furan rings is 2. The van der Waals surface area contributed by atoms with Crippen molar-refractivity contribution in [2.45, 2.75) is 33.1 Å². The Balaban J connectivity index is 1.59. The number of hydrazone groups is 1. The van der Waals surface area contributed by atoms with Gasteiger partial charge in [-0.1, -0.05) is 6.07 Å². The van der Waals surface area contributed by atoms with Gasteiger partial charge in [0.15, 0.2) is 11.5 Å². The van der Waals surface area contributed by atoms with Crippen molar-refractivity contribution in [3.05, 3.63) is 70.6 Å². The van der Waals surface area contributed by atoms with E-state index in [1.807, 2.05) is 26.0 Å². The molecule has 0 saturated carbocycles. The third-order valence-electron chi connectivity index (χ3n) is 5.17. The second kappa shape index (κ2) is 8.51. The molecule has 1 aliphatic rings. The third kappa shape index (κ3) is 4.09. The Bertz CT molecular complexity index is 1160. The van der Waals surface area contributed by atoms with E-state index < -0.39 is 5.91 Å². The SMILES string of the molecule is COc1ccc(C)cc1NC(=O)c1oc2c(c1C)/C(=N/NC(=O)c1ccco1)CCC2. The van der Waals surface area contributed by atoms with Crippen LogP contribution in [0.3, 0.4) is 0 Å². The maximum atomic E-state index is 13.0. The van der Waals surface area contributed by atoms with E-state index in [2.05, 4.69) is 15.8 Å². The van der Waals surface area contributed by atoms with Crippen molar-refractivity contribution in [3.63, 3.8) is 0 Å². The van der Waals surface area contributed by atoms with Crippen LogP contribution in [0.1, 0.15) is 56.4 Å². The summed E-state index contributed by atoms with van der Waals surface area (Å²) in [6.45, 7) is 3.76. The molecule has 8 heteroatoms. The Morgan fingerprint density at radius 1 is 1.13 bits per heavy atom. The summed E-state index contributed by atoms with van der Waals surface area (Å²) >= 11 is 0. The fourth-order valence-corrected chi connectivity index (χ4v) is 3.68. The molecule has 2 aromatic heterocycles. The average molecular weight is 421 g/mol. The molecule has 0 saturated heterocycles. The van der Waals surface area contributed by atoms with Crippen molar-refractivity contribution in [1.82, 2.24) is 5.43 Å². The summed E-state index contributed by atoms with van der Waals surface area (Å²) in [5.74, 6) is 0.856. The Kier molecular flexibility index (Phi) is 5.62. The van der Waals surface area contributed by atoms with Crippen molar-refractivity contribution < 1.29 is 23.2 Å². The molecule has 3 aromatic rings. The lowest BCUT2D eigenvalue weighted by atomic mass is 9.93. The number of nitrogens with one attached hydrogen (secondary N) is 2. The molecule has 0 aliphatic heterocycles. The number of nitrogens with zero attached hydrogens (tertiary/aromatic N) is 1. The number of fused-ring (bicyclic) bond motifs is 1. The van der Waals surface area contributed by atoms with Crippen LogP contribution >= 0.6 is 0 Å². The monoisotopic (exact) mass is 421 g/mol. The van der Waals surface area contributed by atoms with Crippen LogP contribution in [-0.2, 0) is 6.42 Å². The highest BCUT2D eigenvalue weighted by molar-refractivity contribution is 6.09. The van der Waals surface area contributed by atoms with Crippen LogP contribution in [0.4, 0.5) is 5.69 Å². The standard InChI is InChI=1S/C23H23N3O5/c1-13-9-10-17(29-3)16(12-13)24-23(28)21-14(2)20-15(6-4-7-18(20)31-21)25-26-22(27)19-8-5-11-30-19/h5,8-12H,4,6-7H2,1-3H3,(H,24,28)(H,26,27)/b25-15+. The van der Waals surface area contributed by atoms with Crippen molar-refractivity contribution >= 4 is 23.2 Å². The zero-order chi connectivity index (χ0) is 22.0. The number of anilines is 1. The highest BCUT2D eigenvalue weighted by atomic mass is 16.5. The van der Waals surface area contributed by atoms with Crippen molar-refractivity contribution in [3.8, 4) is 5.75 Å². The predicted molar refractivity (Wildman–Crippen MR) is 115 cm³/mol. The van der Waals surface area contributed by atoms with Crippen LogP contribution in [-0.4, -0.2) is 24.6 Å². The van der Waals surface area contributed by atoms with Crippen molar-refractivity contribution in [2.24, 2.45) is 5.10 Å². The van der Waals surface area contributed by atoms with Crippen LogP contribution in [0.15, 0.2) is 50.5 Å². The van der Waals surface area contributed by atoms with E-state index in [1.54, 1.807) is 25.3 Å². The zero-order valence-corrected chi connectivity index (χ0v) is 17.6. The van der Waals surface area contributed by atoms with Gasteiger partial charge in [-0.15, -0.1) is 0 Å². The number of amides is 2. The first-order chi connectivity index (χ1) is 15.0. The number of benzene rings is 1. The molecular formula is C23H23N3O5. The Morgan fingerprint density at radius 3 is 2.71 bits per heavy atom. The van der Waals surface area contributed by atoms with Gasteiger partial charge in [-0.3, -0.25) is 9.59 Å². The van der Waals surface area contributed by atoms with Gasteiger partial charge in [-0.25, -0.2) is 5.43 Å². The zero-order valence-electron chi connectivity index (χ0n) is 17.6. The number of aryl methyl sites for hydroxylation is 2. The van der Waals surface area contributed by atoms with Gasteiger partial charge < -0.3 is 18.9 Å². The third-order valence-corrected chi connectivity index (χ3v) is 5.17. The summed E-state index contributed by atoms with van der Waals surface area (Å²) in [4.78, 5) is 25.1. The van der Waals surface area contributed by atoms with Gasteiger partial charge in [-0.05, 0) is 56.5 Å². The van der Waals surface area contributed by atoms with Crippen molar-refractivity contribution in [1.29, 1.82) is 0 Å². The highest BCUT2D eigenvalue weighted by Crippen LogP contribution is 2.31. The first kappa shape index (κ1) is 20.5. The highest BCUT2D eigenvalue weighted by Gasteiger charge is 2.28. The molecule has 8 nitrogen and oxygen atoms in total. The molecule has 1 aliphatic carbocycles. The maximum Gasteiger partial charge on any atom is 0.307 e. The molecule has 4 rings (SSSR count). The summed E-state index contributed by atoms with van der Waals surface area (Å²) in [6, 6.07) is 8.75. The second-order valence-corrected chi connectivity index (χ2v) is 7.34. The van der Waals surface area contributed by atoms with Crippen molar-refractivity contribution in [2.75, 3.05) is 12.4 Å². The van der Waals surface area contributed by atoms with Crippen LogP contribution in [0, 0.1) is 13.8 Å². The number of carbonyl (C=O) groups is 2. The topological polar surface area (TPSA) is 106 Å². The van der Waals surface area contributed by atoms with Crippen LogP contribution < -0.4 is 15.5 Å². The van der Waals surface area contributed by atoms with E-state index in [1.165, 1.54) is 6.26 Å². The fourth-order valence-electron chi connectivity index (χ4n) is 3.68. The molecule has 160 valence electrons. The number of methoxy groups -OCH3 is 1. The Labute approximate surface area is 179 Å². The number of ether oxygens (including phenoxy) is 1. The van der Waals surface area contributed by atoms with Gasteiger partial charge in [-0.2, -0.15) is 5.10 Å². The molecule has 2 heterocycles. The number of carbonyl (C=O) groups excluding carboxylic acids is 2. The summed E-state index contributed by atoms with van der Waals surface area (Å²) in [5.41, 5.74) is 6.21. The minimum absolute atomic E-state index is 0.177. The van der Waals surface area contributed by atoms with Gasteiger partial charge in [0.1, 0.15) is 11.5 Å². The summed E-state index contributed by atoms with van der Waals surface area (Å²) in [5, 5.41) is 7.15. The van der Waals surface area contributed by atoms with E-state index >= 15 is 0 Å². The maximum absolute atomic E-state index is 13.0. The molecule has 31 heavy (non-hydrogen) atoms. The lowest BCUT2D eigenvalue weighted by Gasteiger charge is -2.13. The second-order valence-electron chi connectivity index (χ2n) is 7.34. The smallest absolute Gasteiger partial charge is 0.307 e. The first-order valence-corrected chi connectivity index (χ1v) is 9.97. The van der Waals surface area contributed by atoms with Gasteiger partial charge in [0.2, 0.25) is 0 Å². The molecule has 2 N–H and O–H groups in total. The van der Waals surface area contributed by atoms with E-state index in [4.69, 9.17) is 13.6 Å². The summed E-state index contributed by atoms with van der Waals surface area (Å²) in [7, 11) is 1.55. The van der Waals surface area contributed by atoms with Gasteiger partial charge in [0, 0.05) is 17.5 Å². The lowest BCUT2D eigenvalue weighted by Crippen LogP contribution is -2.21. The van der Waals surface area contributed by atoms with Crippen LogP contribution in [0.25, 0.3) is 0 Å². The summed E-state index contributed by atoms with van der Waals surface area (Å²) < 4.78 is 16.3. The predicted octanol–water partition coefficient (Wildman–Crippen LogP) is 4.22. The molecule has 0 unspecified atom stereocenters. The van der Waals surface area contributed by atoms with E-state index in [0.29, 0.717) is 41.3 Å². The number of hydrogen-bond donors (Lipinski definition) is 2. The summed E-state index contributed by atoms with van der Waals surface area (Å²) in [6.07, 6.45) is 3.60. The molecule has 0 radical (unpaired) electrons. The number of rotatable bonds is 5. The quantitative estimate of drug-likeness (QED) is 0.600. The van der Waals surface area contributed by atoms with Gasteiger partial charge in [0.25, 0.3) is 5.91 Å². The lowest BCUT2D eigenvalue weighted by molar-refractivity contribution is 0.0926. The molecule has 0 fully saturated rings.